The summed E-state index contributed by atoms with van der Waals surface area (Å²) < 4.78 is 5.71. The van der Waals surface area contributed by atoms with E-state index in [1.165, 1.54) is 6.42 Å². The van der Waals surface area contributed by atoms with E-state index in [1.54, 1.807) is 6.07 Å². The van der Waals surface area contributed by atoms with E-state index in [1.807, 2.05) is 19.1 Å². The van der Waals surface area contributed by atoms with Gasteiger partial charge in [0.1, 0.15) is 0 Å². The van der Waals surface area contributed by atoms with Gasteiger partial charge in [0.05, 0.1) is 18.2 Å². The number of fused-ring (bicyclic) bond motifs is 1. The van der Waals surface area contributed by atoms with E-state index in [0.717, 1.165) is 25.0 Å². The van der Waals surface area contributed by atoms with Gasteiger partial charge in [-0.05, 0) is 43.9 Å². The predicted octanol–water partition coefficient (Wildman–Crippen LogP) is 3.53. The largest absolute Gasteiger partial charge is 0.378 e. The fourth-order valence-electron chi connectivity index (χ4n) is 3.28. The summed E-state index contributed by atoms with van der Waals surface area (Å²) in [5.41, 5.74) is 7.01. The maximum Gasteiger partial charge on any atom is 0.189 e. The summed E-state index contributed by atoms with van der Waals surface area (Å²) in [6.07, 6.45) is 3.67. The van der Waals surface area contributed by atoms with E-state index in [9.17, 15) is 0 Å². The van der Waals surface area contributed by atoms with Crippen LogP contribution in [0.2, 0.25) is 10.0 Å². The Kier molecular flexibility index (Phi) is 4.81. The van der Waals surface area contributed by atoms with E-state index in [-0.39, 0.29) is 12.1 Å². The van der Waals surface area contributed by atoms with Crippen LogP contribution in [0.5, 0.6) is 0 Å². The van der Waals surface area contributed by atoms with Gasteiger partial charge >= 0.3 is 0 Å². The summed E-state index contributed by atoms with van der Waals surface area (Å²) in [5, 5.41) is 4.47. The van der Waals surface area contributed by atoms with Crippen LogP contribution >= 0.6 is 23.2 Å². The number of ether oxygens (including phenoxy) is 1. The summed E-state index contributed by atoms with van der Waals surface area (Å²) >= 11 is 12.1. The van der Waals surface area contributed by atoms with Gasteiger partial charge < -0.3 is 15.8 Å². The number of hydrogen-bond donors (Lipinski definition) is 2. The van der Waals surface area contributed by atoms with E-state index < -0.39 is 0 Å². The van der Waals surface area contributed by atoms with Gasteiger partial charge in [-0.15, -0.1) is 0 Å². The summed E-state index contributed by atoms with van der Waals surface area (Å²) in [5.74, 6) is 0.996. The molecule has 6 heteroatoms. The molecule has 3 rings (SSSR count). The maximum absolute atomic E-state index is 6.22. The van der Waals surface area contributed by atoms with Crippen LogP contribution < -0.4 is 11.1 Å². The maximum atomic E-state index is 6.22. The van der Waals surface area contributed by atoms with Crippen LogP contribution in [0.15, 0.2) is 23.2 Å². The highest BCUT2D eigenvalue weighted by atomic mass is 35.5. The molecular formula is C16H21Cl2N3O. The third kappa shape index (κ3) is 3.34. The number of benzene rings is 1. The number of aliphatic imine (C=N–C) groups is 1. The fraction of sp³-hybridized carbons (Fsp3) is 0.562. The molecule has 0 amide bonds. The van der Waals surface area contributed by atoms with Crippen molar-refractivity contribution in [1.29, 1.82) is 0 Å². The zero-order chi connectivity index (χ0) is 15.7. The minimum absolute atomic E-state index is 0.0213. The topological polar surface area (TPSA) is 59.6 Å². The molecule has 1 aromatic rings. The highest BCUT2D eigenvalue weighted by Crippen LogP contribution is 2.39. The van der Waals surface area contributed by atoms with Gasteiger partial charge in [0.2, 0.25) is 0 Å². The Morgan fingerprint density at radius 1 is 1.45 bits per heavy atom. The molecule has 0 bridgehead atoms. The van der Waals surface area contributed by atoms with Crippen molar-refractivity contribution in [1.82, 2.24) is 5.32 Å². The fourth-order valence-corrected chi connectivity index (χ4v) is 3.85. The van der Waals surface area contributed by atoms with Gasteiger partial charge in [0.15, 0.2) is 5.96 Å². The van der Waals surface area contributed by atoms with Gasteiger partial charge in [0, 0.05) is 22.6 Å². The second kappa shape index (κ2) is 6.65. The second-order valence-corrected chi connectivity index (χ2v) is 6.91. The molecule has 0 aromatic heterocycles. The Hall–Kier alpha value is -0.970. The molecule has 0 spiro atoms. The van der Waals surface area contributed by atoms with Gasteiger partial charge in [-0.25, -0.2) is 4.99 Å². The molecule has 3 N–H and O–H groups in total. The van der Waals surface area contributed by atoms with Crippen molar-refractivity contribution in [3.05, 3.63) is 33.8 Å². The van der Waals surface area contributed by atoms with Crippen LogP contribution in [0.25, 0.3) is 0 Å². The average Bonchev–Trinajstić information content (AvgIpc) is 2.44. The van der Waals surface area contributed by atoms with Crippen LogP contribution in [0.1, 0.15) is 37.8 Å². The Labute approximate surface area is 141 Å². The highest BCUT2D eigenvalue weighted by molar-refractivity contribution is 6.35. The molecule has 4 atom stereocenters. The summed E-state index contributed by atoms with van der Waals surface area (Å²) in [4.78, 5) is 4.61. The minimum Gasteiger partial charge on any atom is -0.378 e. The van der Waals surface area contributed by atoms with Crippen LogP contribution in [0.3, 0.4) is 0 Å². The minimum atomic E-state index is -0.0213. The Bertz CT molecular complexity index is 579. The molecule has 2 fully saturated rings. The third-order valence-corrected chi connectivity index (χ3v) is 5.12. The normalized spacial score (nSPS) is 29.4. The van der Waals surface area contributed by atoms with Crippen molar-refractivity contribution >= 4 is 29.2 Å². The van der Waals surface area contributed by atoms with E-state index in [4.69, 9.17) is 33.7 Å². The number of rotatable bonds is 3. The van der Waals surface area contributed by atoms with Crippen LogP contribution in [0, 0.1) is 5.92 Å². The first-order valence-electron chi connectivity index (χ1n) is 7.71. The van der Waals surface area contributed by atoms with Crippen molar-refractivity contribution in [2.45, 2.75) is 44.4 Å². The Balaban J connectivity index is 1.61. The molecule has 1 aliphatic carbocycles. The van der Waals surface area contributed by atoms with E-state index in [2.05, 4.69) is 10.3 Å². The SMILES string of the molecule is CC(NC(N)=NC1CC2OCCCC12)c1ccc(Cl)cc1Cl. The molecule has 2 aliphatic rings. The molecule has 120 valence electrons. The average molecular weight is 342 g/mol. The number of hydrogen-bond acceptors (Lipinski definition) is 2. The third-order valence-electron chi connectivity index (χ3n) is 4.56. The van der Waals surface area contributed by atoms with E-state index >= 15 is 0 Å². The van der Waals surface area contributed by atoms with Crippen LogP contribution in [-0.4, -0.2) is 24.7 Å². The Morgan fingerprint density at radius 2 is 2.27 bits per heavy atom. The molecular weight excluding hydrogens is 321 g/mol. The van der Waals surface area contributed by atoms with Gasteiger partial charge in [-0.3, -0.25) is 0 Å². The van der Waals surface area contributed by atoms with Crippen molar-refractivity contribution in [3.63, 3.8) is 0 Å². The number of guanidine groups is 1. The van der Waals surface area contributed by atoms with Crippen LogP contribution in [-0.2, 0) is 4.74 Å². The quantitative estimate of drug-likeness (QED) is 0.653. The van der Waals surface area contributed by atoms with Crippen molar-refractivity contribution in [2.24, 2.45) is 16.6 Å². The Morgan fingerprint density at radius 3 is 3.00 bits per heavy atom. The molecule has 1 saturated carbocycles. The lowest BCUT2D eigenvalue weighted by molar-refractivity contribution is -0.0938. The molecule has 1 heterocycles. The lowest BCUT2D eigenvalue weighted by Gasteiger charge is -2.45. The molecule has 1 aromatic carbocycles. The van der Waals surface area contributed by atoms with Gasteiger partial charge in [-0.1, -0.05) is 29.3 Å². The predicted molar refractivity (Wildman–Crippen MR) is 90.5 cm³/mol. The smallest absolute Gasteiger partial charge is 0.189 e. The van der Waals surface area contributed by atoms with Gasteiger partial charge in [-0.2, -0.15) is 0 Å². The monoisotopic (exact) mass is 341 g/mol. The zero-order valence-corrected chi connectivity index (χ0v) is 14.1. The lowest BCUT2D eigenvalue weighted by Crippen LogP contribution is -2.50. The summed E-state index contributed by atoms with van der Waals surface area (Å²) in [6.45, 7) is 2.89. The summed E-state index contributed by atoms with van der Waals surface area (Å²) in [6, 6.07) is 5.73. The van der Waals surface area contributed by atoms with Gasteiger partial charge in [0.25, 0.3) is 0 Å². The zero-order valence-electron chi connectivity index (χ0n) is 12.6. The molecule has 1 aliphatic heterocycles. The number of nitrogens with two attached hydrogens (primary N) is 1. The molecule has 22 heavy (non-hydrogen) atoms. The number of halogens is 2. The van der Waals surface area contributed by atoms with Crippen molar-refractivity contribution < 1.29 is 4.74 Å². The first kappa shape index (κ1) is 15.9. The molecule has 4 nitrogen and oxygen atoms in total. The molecule has 0 radical (unpaired) electrons. The standard InChI is InChI=1S/C16H21Cl2N3O/c1-9(11-5-4-10(17)7-13(11)18)20-16(19)21-14-8-15-12(14)3-2-6-22-15/h4-5,7,9,12,14-15H,2-3,6,8H2,1H3,(H3,19,20,21). The van der Waals surface area contributed by atoms with E-state index in [0.29, 0.717) is 28.0 Å². The van der Waals surface area contributed by atoms with Crippen molar-refractivity contribution in [3.8, 4) is 0 Å². The summed E-state index contributed by atoms with van der Waals surface area (Å²) in [7, 11) is 0. The van der Waals surface area contributed by atoms with Crippen LogP contribution in [0.4, 0.5) is 0 Å². The second-order valence-electron chi connectivity index (χ2n) is 6.06. The number of nitrogens with zero attached hydrogens (tertiary/aromatic N) is 1. The molecule has 4 unspecified atom stereocenters. The molecule has 1 saturated heterocycles. The lowest BCUT2D eigenvalue weighted by atomic mass is 9.73. The highest BCUT2D eigenvalue weighted by Gasteiger charge is 2.43. The first-order valence-corrected chi connectivity index (χ1v) is 8.46. The van der Waals surface area contributed by atoms with Crippen molar-refractivity contribution in [2.75, 3.05) is 6.61 Å². The first-order chi connectivity index (χ1) is 10.5. The number of nitrogens with one attached hydrogen (secondary N) is 1.